The Hall–Kier alpha value is -1.35. The summed E-state index contributed by atoms with van der Waals surface area (Å²) >= 11 is 1.37. The molecule has 3 heteroatoms. The van der Waals surface area contributed by atoms with Gasteiger partial charge >= 0.3 is 5.97 Å². The molecule has 3 rings (SSSR count). The number of carboxylic acid groups (broad SMARTS) is 1. The number of aromatic carboxylic acids is 1. The topological polar surface area (TPSA) is 37.3 Å². The minimum Gasteiger partial charge on any atom is -0.477 e. The van der Waals surface area contributed by atoms with Crippen molar-refractivity contribution in [1.82, 2.24) is 0 Å². The minimum absolute atomic E-state index is 0.429. The fourth-order valence-corrected chi connectivity index (χ4v) is 2.77. The lowest BCUT2D eigenvalue weighted by molar-refractivity contribution is 0.0702. The number of hydrogen-bond acceptors (Lipinski definition) is 2. The van der Waals surface area contributed by atoms with Gasteiger partial charge in [-0.25, -0.2) is 4.79 Å². The van der Waals surface area contributed by atoms with Gasteiger partial charge in [-0.15, -0.1) is 11.3 Å². The zero-order valence-electron chi connectivity index (χ0n) is 8.06. The van der Waals surface area contributed by atoms with Crippen LogP contribution in [0.3, 0.4) is 0 Å². The van der Waals surface area contributed by atoms with Gasteiger partial charge in [-0.1, -0.05) is 12.1 Å². The number of carboxylic acids is 1. The lowest BCUT2D eigenvalue weighted by Crippen LogP contribution is -1.89. The van der Waals surface area contributed by atoms with Crippen LogP contribution in [0.2, 0.25) is 0 Å². The van der Waals surface area contributed by atoms with Gasteiger partial charge in [0.1, 0.15) is 4.88 Å². The number of fused-ring (bicyclic) bond motifs is 1. The van der Waals surface area contributed by atoms with Gasteiger partial charge in [0.2, 0.25) is 0 Å². The molecule has 0 atom stereocenters. The molecule has 1 aromatic heterocycles. The van der Waals surface area contributed by atoms with Gasteiger partial charge in [0.05, 0.1) is 0 Å². The summed E-state index contributed by atoms with van der Waals surface area (Å²) in [6.45, 7) is 0. The van der Waals surface area contributed by atoms with E-state index >= 15 is 0 Å². The Morgan fingerprint density at radius 3 is 2.80 bits per heavy atom. The first-order valence-corrected chi connectivity index (χ1v) is 5.82. The summed E-state index contributed by atoms with van der Waals surface area (Å²) in [5, 5.41) is 9.93. The van der Waals surface area contributed by atoms with Crippen molar-refractivity contribution >= 4 is 27.4 Å². The fourth-order valence-electron chi connectivity index (χ4n) is 1.82. The van der Waals surface area contributed by atoms with E-state index in [2.05, 4.69) is 12.1 Å². The quantitative estimate of drug-likeness (QED) is 0.837. The number of hydrogen-bond donors (Lipinski definition) is 1. The average Bonchev–Trinajstić information content (AvgIpc) is 2.96. The van der Waals surface area contributed by atoms with Gasteiger partial charge in [0.15, 0.2) is 0 Å². The Bertz CT molecular complexity index is 538. The van der Waals surface area contributed by atoms with Crippen molar-refractivity contribution in [2.24, 2.45) is 0 Å². The molecule has 1 N–H and O–H groups in total. The highest BCUT2D eigenvalue weighted by atomic mass is 32.1. The van der Waals surface area contributed by atoms with E-state index in [1.54, 1.807) is 6.07 Å². The van der Waals surface area contributed by atoms with E-state index in [0.29, 0.717) is 4.88 Å². The smallest absolute Gasteiger partial charge is 0.345 e. The van der Waals surface area contributed by atoms with E-state index in [4.69, 9.17) is 5.11 Å². The molecule has 1 fully saturated rings. The normalized spacial score (nSPS) is 15.7. The summed E-state index contributed by atoms with van der Waals surface area (Å²) in [4.78, 5) is 11.2. The third-order valence-corrected chi connectivity index (χ3v) is 3.89. The molecular weight excluding hydrogens is 208 g/mol. The first-order chi connectivity index (χ1) is 7.24. The molecule has 2 nitrogen and oxygen atoms in total. The van der Waals surface area contributed by atoms with Crippen molar-refractivity contribution in [2.45, 2.75) is 18.8 Å². The Morgan fingerprint density at radius 1 is 1.33 bits per heavy atom. The van der Waals surface area contributed by atoms with Crippen molar-refractivity contribution in [3.63, 3.8) is 0 Å². The molecule has 2 aromatic rings. The van der Waals surface area contributed by atoms with Crippen LogP contribution < -0.4 is 0 Å². The van der Waals surface area contributed by atoms with Crippen molar-refractivity contribution in [1.29, 1.82) is 0 Å². The highest BCUT2D eigenvalue weighted by molar-refractivity contribution is 7.20. The number of carbonyl (C=O) groups is 1. The first kappa shape index (κ1) is 8.92. The van der Waals surface area contributed by atoms with Crippen LogP contribution in [0.15, 0.2) is 24.3 Å². The van der Waals surface area contributed by atoms with Crippen molar-refractivity contribution in [2.75, 3.05) is 0 Å². The third kappa shape index (κ3) is 1.53. The van der Waals surface area contributed by atoms with Crippen LogP contribution in [0, 0.1) is 0 Å². The molecule has 1 aliphatic rings. The van der Waals surface area contributed by atoms with E-state index in [1.165, 1.54) is 29.7 Å². The standard InChI is InChI=1S/C12H10O2S/c13-12(14)11-6-9-4-3-8(7-1-2-7)5-10(9)15-11/h3-7H,1-2H2,(H,13,14). The van der Waals surface area contributed by atoms with Gasteiger partial charge in [-0.3, -0.25) is 0 Å². The summed E-state index contributed by atoms with van der Waals surface area (Å²) in [6, 6.07) is 8.05. The molecule has 1 aromatic carbocycles. The molecule has 0 unspecified atom stereocenters. The molecule has 15 heavy (non-hydrogen) atoms. The molecule has 1 saturated carbocycles. The van der Waals surface area contributed by atoms with Crippen LogP contribution in [-0.2, 0) is 0 Å². The minimum atomic E-state index is -0.829. The Kier molecular flexibility index (Phi) is 1.83. The second kappa shape index (κ2) is 3.07. The van der Waals surface area contributed by atoms with Gasteiger partial charge in [-0.05, 0) is 41.8 Å². The van der Waals surface area contributed by atoms with Crippen LogP contribution in [0.1, 0.15) is 34.0 Å². The zero-order valence-corrected chi connectivity index (χ0v) is 8.88. The van der Waals surface area contributed by atoms with Crippen molar-refractivity contribution < 1.29 is 9.90 Å². The highest BCUT2D eigenvalue weighted by Crippen LogP contribution is 2.41. The maximum atomic E-state index is 10.8. The highest BCUT2D eigenvalue weighted by Gasteiger charge is 2.23. The molecule has 1 heterocycles. The van der Waals surface area contributed by atoms with Gasteiger partial charge in [-0.2, -0.15) is 0 Å². The molecule has 0 saturated heterocycles. The van der Waals surface area contributed by atoms with Gasteiger partial charge < -0.3 is 5.11 Å². The third-order valence-electron chi connectivity index (χ3n) is 2.80. The maximum Gasteiger partial charge on any atom is 0.345 e. The van der Waals surface area contributed by atoms with Crippen LogP contribution in [-0.4, -0.2) is 11.1 Å². The van der Waals surface area contributed by atoms with Crippen LogP contribution in [0.5, 0.6) is 0 Å². The summed E-state index contributed by atoms with van der Waals surface area (Å²) in [6.07, 6.45) is 2.56. The lowest BCUT2D eigenvalue weighted by atomic mass is 10.1. The number of rotatable bonds is 2. The summed E-state index contributed by atoms with van der Waals surface area (Å²) < 4.78 is 1.09. The largest absolute Gasteiger partial charge is 0.477 e. The van der Waals surface area contributed by atoms with E-state index in [1.807, 2.05) is 6.07 Å². The summed E-state index contributed by atoms with van der Waals surface area (Å²) in [5.74, 6) is -0.103. The monoisotopic (exact) mass is 218 g/mol. The molecular formula is C12H10O2S. The first-order valence-electron chi connectivity index (χ1n) is 5.01. The predicted octanol–water partition coefficient (Wildman–Crippen LogP) is 3.48. The van der Waals surface area contributed by atoms with E-state index < -0.39 is 5.97 Å². The van der Waals surface area contributed by atoms with E-state index in [0.717, 1.165) is 16.0 Å². The van der Waals surface area contributed by atoms with E-state index in [-0.39, 0.29) is 0 Å². The number of thiophene rings is 1. The molecule has 0 spiro atoms. The molecule has 76 valence electrons. The van der Waals surface area contributed by atoms with Crippen molar-refractivity contribution in [3.8, 4) is 0 Å². The average molecular weight is 218 g/mol. The molecule has 0 radical (unpaired) electrons. The van der Waals surface area contributed by atoms with Crippen LogP contribution >= 0.6 is 11.3 Å². The summed E-state index contributed by atoms with van der Waals surface area (Å²) in [5.41, 5.74) is 1.36. The Balaban J connectivity index is 2.13. The molecule has 0 amide bonds. The number of benzene rings is 1. The Labute approximate surface area is 91.2 Å². The second-order valence-electron chi connectivity index (χ2n) is 3.99. The fraction of sp³-hybridized carbons (Fsp3) is 0.250. The van der Waals surface area contributed by atoms with Gasteiger partial charge in [0.25, 0.3) is 0 Å². The van der Waals surface area contributed by atoms with Crippen LogP contribution in [0.4, 0.5) is 0 Å². The summed E-state index contributed by atoms with van der Waals surface area (Å²) in [7, 11) is 0. The van der Waals surface area contributed by atoms with E-state index in [9.17, 15) is 4.79 Å². The molecule has 0 bridgehead atoms. The second-order valence-corrected chi connectivity index (χ2v) is 5.07. The van der Waals surface area contributed by atoms with Crippen LogP contribution in [0.25, 0.3) is 10.1 Å². The molecule has 1 aliphatic carbocycles. The lowest BCUT2D eigenvalue weighted by Gasteiger charge is -1.96. The van der Waals surface area contributed by atoms with Gasteiger partial charge in [0, 0.05) is 4.70 Å². The predicted molar refractivity (Wildman–Crippen MR) is 60.8 cm³/mol. The zero-order chi connectivity index (χ0) is 10.4. The Morgan fingerprint density at radius 2 is 2.13 bits per heavy atom. The molecule has 0 aliphatic heterocycles. The van der Waals surface area contributed by atoms with Crippen molar-refractivity contribution in [3.05, 3.63) is 34.7 Å². The SMILES string of the molecule is O=C(O)c1cc2ccc(C3CC3)cc2s1. The maximum absolute atomic E-state index is 10.8.